The Morgan fingerprint density at radius 2 is 1.88 bits per heavy atom. The van der Waals surface area contributed by atoms with Crippen LogP contribution in [-0.2, 0) is 22.7 Å². The molecule has 0 aliphatic carbocycles. The number of aromatic nitrogens is 1. The van der Waals surface area contributed by atoms with Crippen molar-refractivity contribution in [1.82, 2.24) is 4.98 Å². The van der Waals surface area contributed by atoms with E-state index in [1.54, 1.807) is 12.3 Å². The Hall–Kier alpha value is -3.11. The number of benzene rings is 2. The Morgan fingerprint density at radius 1 is 1.06 bits per heavy atom. The van der Waals surface area contributed by atoms with Crippen molar-refractivity contribution in [2.24, 2.45) is 0 Å². The quantitative estimate of drug-likeness (QED) is 0.363. The molecule has 0 spiro atoms. The summed E-state index contributed by atoms with van der Waals surface area (Å²) in [7, 11) is 0. The van der Waals surface area contributed by atoms with Crippen molar-refractivity contribution in [2.45, 2.75) is 45.1 Å². The summed E-state index contributed by atoms with van der Waals surface area (Å²) >= 11 is 6.51. The van der Waals surface area contributed by atoms with Crippen LogP contribution in [0, 0.1) is 18.3 Å². The van der Waals surface area contributed by atoms with E-state index in [1.807, 2.05) is 31.2 Å². The van der Waals surface area contributed by atoms with E-state index in [0.29, 0.717) is 31.8 Å². The van der Waals surface area contributed by atoms with E-state index in [1.165, 1.54) is 6.20 Å². The second-order valence-electron chi connectivity index (χ2n) is 8.06. The first kappa shape index (κ1) is 24.0. The predicted molar refractivity (Wildman–Crippen MR) is 130 cm³/mol. The Morgan fingerprint density at radius 3 is 2.68 bits per heavy atom. The second kappa shape index (κ2) is 11.3. The van der Waals surface area contributed by atoms with Gasteiger partial charge in [0.1, 0.15) is 19.3 Å². The van der Waals surface area contributed by atoms with Crippen LogP contribution < -0.4 is 9.47 Å². The average Bonchev–Trinajstić information content (AvgIpc) is 2.88. The molecular weight excluding hydrogens is 452 g/mol. The van der Waals surface area contributed by atoms with Gasteiger partial charge in [0.25, 0.3) is 0 Å². The van der Waals surface area contributed by atoms with Gasteiger partial charge in [0.2, 0.25) is 0 Å². The highest BCUT2D eigenvalue weighted by Gasteiger charge is 2.20. The van der Waals surface area contributed by atoms with Crippen molar-refractivity contribution in [3.05, 3.63) is 77.1 Å². The van der Waals surface area contributed by atoms with Crippen molar-refractivity contribution in [3.63, 3.8) is 0 Å². The first-order valence-corrected chi connectivity index (χ1v) is 11.7. The van der Waals surface area contributed by atoms with Crippen molar-refractivity contribution in [3.8, 4) is 28.7 Å². The third-order valence-corrected chi connectivity index (χ3v) is 6.19. The van der Waals surface area contributed by atoms with E-state index in [-0.39, 0.29) is 12.7 Å². The van der Waals surface area contributed by atoms with Gasteiger partial charge in [-0.1, -0.05) is 42.8 Å². The van der Waals surface area contributed by atoms with Gasteiger partial charge >= 0.3 is 0 Å². The normalized spacial score (nSPS) is 14.3. The fraction of sp³-hybridized carbons (Fsp3) is 0.333. The van der Waals surface area contributed by atoms with Crippen LogP contribution in [-0.4, -0.2) is 29.9 Å². The average molecular weight is 479 g/mol. The molecule has 2 unspecified atom stereocenters. The molecule has 0 saturated heterocycles. The standard InChI is InChI=1S/C27H27ClN2O4/c1-3-24(27(28)34-16-20-11-19(13-29)14-30-15-20)33-17-22-5-4-6-23(18(22)2)21-7-8-25-26(12-21)32-10-9-31-25/h4-8,11-12,14-15,24,27H,3,9-10,16-17H2,1-2H3. The largest absolute Gasteiger partial charge is 0.486 e. The van der Waals surface area contributed by atoms with Crippen molar-refractivity contribution in [2.75, 3.05) is 13.2 Å². The highest BCUT2D eigenvalue weighted by molar-refractivity contribution is 6.20. The van der Waals surface area contributed by atoms with E-state index < -0.39 is 5.56 Å². The number of pyridine rings is 1. The molecule has 176 valence electrons. The lowest BCUT2D eigenvalue weighted by molar-refractivity contribution is -0.0511. The molecule has 2 aromatic carbocycles. The van der Waals surface area contributed by atoms with Gasteiger partial charge in [-0.15, -0.1) is 0 Å². The molecule has 1 aliphatic rings. The molecule has 7 heteroatoms. The van der Waals surface area contributed by atoms with Crippen LogP contribution in [0.15, 0.2) is 54.9 Å². The fourth-order valence-corrected chi connectivity index (χ4v) is 4.16. The maximum atomic E-state index is 9.02. The van der Waals surface area contributed by atoms with Crippen molar-refractivity contribution < 1.29 is 18.9 Å². The van der Waals surface area contributed by atoms with Crippen LogP contribution in [0.1, 0.15) is 35.6 Å². The minimum atomic E-state index is -0.628. The third-order valence-electron chi connectivity index (χ3n) is 5.78. The number of fused-ring (bicyclic) bond motifs is 1. The van der Waals surface area contributed by atoms with E-state index in [2.05, 4.69) is 30.1 Å². The summed E-state index contributed by atoms with van der Waals surface area (Å²) in [6, 6.07) is 16.0. The zero-order chi connectivity index (χ0) is 23.9. The molecule has 2 atom stereocenters. The number of alkyl halides is 1. The van der Waals surface area contributed by atoms with Gasteiger partial charge in [-0.05, 0) is 59.4 Å². The molecular formula is C27H27ClN2O4. The van der Waals surface area contributed by atoms with Crippen LogP contribution in [0.3, 0.4) is 0 Å². The Bertz CT molecular complexity index is 1180. The van der Waals surface area contributed by atoms with Gasteiger partial charge < -0.3 is 18.9 Å². The number of halogens is 1. The van der Waals surface area contributed by atoms with Crippen LogP contribution in [0.25, 0.3) is 11.1 Å². The monoisotopic (exact) mass is 478 g/mol. The number of hydrogen-bond acceptors (Lipinski definition) is 6. The van der Waals surface area contributed by atoms with Crippen molar-refractivity contribution in [1.29, 1.82) is 5.26 Å². The molecule has 1 aliphatic heterocycles. The molecule has 0 N–H and O–H groups in total. The molecule has 0 bridgehead atoms. The van der Waals surface area contributed by atoms with Crippen LogP contribution >= 0.6 is 11.6 Å². The Labute approximate surface area is 205 Å². The number of nitrogens with zero attached hydrogens (tertiary/aromatic N) is 2. The molecule has 4 rings (SSSR count). The zero-order valence-corrected chi connectivity index (χ0v) is 20.0. The lowest BCUT2D eigenvalue weighted by atomic mass is 9.96. The fourth-order valence-electron chi connectivity index (χ4n) is 3.85. The SMILES string of the molecule is CCC(OCc1cccc(-c2ccc3c(c2)OCCO3)c1C)C(Cl)OCc1cncc(C#N)c1. The summed E-state index contributed by atoms with van der Waals surface area (Å²) in [4.78, 5) is 4.05. The molecule has 0 saturated carbocycles. The maximum absolute atomic E-state index is 9.02. The van der Waals surface area contributed by atoms with Gasteiger partial charge in [0.15, 0.2) is 17.1 Å². The summed E-state index contributed by atoms with van der Waals surface area (Å²) in [5.41, 5.74) is 5.07. The smallest absolute Gasteiger partial charge is 0.161 e. The number of nitriles is 1. The predicted octanol–water partition coefficient (Wildman–Crippen LogP) is 5.78. The zero-order valence-electron chi connectivity index (χ0n) is 19.3. The van der Waals surface area contributed by atoms with Crippen LogP contribution in [0.5, 0.6) is 11.5 Å². The summed E-state index contributed by atoms with van der Waals surface area (Å²) in [6.45, 7) is 5.92. The van der Waals surface area contributed by atoms with E-state index in [9.17, 15) is 0 Å². The van der Waals surface area contributed by atoms with Crippen LogP contribution in [0.4, 0.5) is 0 Å². The summed E-state index contributed by atoms with van der Waals surface area (Å²) in [5.74, 6) is 1.55. The lowest BCUT2D eigenvalue weighted by Gasteiger charge is -2.23. The Kier molecular flexibility index (Phi) is 8.02. The van der Waals surface area contributed by atoms with Gasteiger partial charge in [0.05, 0.1) is 24.9 Å². The summed E-state index contributed by atoms with van der Waals surface area (Å²) < 4.78 is 23.4. The molecule has 3 aromatic rings. The molecule has 2 heterocycles. The third kappa shape index (κ3) is 5.68. The molecule has 0 amide bonds. The summed E-state index contributed by atoms with van der Waals surface area (Å²) in [5, 5.41) is 9.02. The highest BCUT2D eigenvalue weighted by Crippen LogP contribution is 2.36. The molecule has 34 heavy (non-hydrogen) atoms. The maximum Gasteiger partial charge on any atom is 0.161 e. The number of rotatable bonds is 9. The minimum absolute atomic E-state index is 0.259. The molecule has 0 radical (unpaired) electrons. The molecule has 6 nitrogen and oxygen atoms in total. The van der Waals surface area contributed by atoms with Crippen molar-refractivity contribution >= 4 is 11.6 Å². The van der Waals surface area contributed by atoms with Crippen LogP contribution in [0.2, 0.25) is 0 Å². The topological polar surface area (TPSA) is 73.6 Å². The summed E-state index contributed by atoms with van der Waals surface area (Å²) in [6.07, 6.45) is 3.59. The van der Waals surface area contributed by atoms with Gasteiger partial charge in [-0.2, -0.15) is 5.26 Å². The molecule has 1 aromatic heterocycles. The number of ether oxygens (including phenoxy) is 4. The van der Waals surface area contributed by atoms with E-state index >= 15 is 0 Å². The van der Waals surface area contributed by atoms with Gasteiger partial charge in [-0.3, -0.25) is 4.98 Å². The first-order valence-electron chi connectivity index (χ1n) is 11.3. The minimum Gasteiger partial charge on any atom is -0.486 e. The highest BCUT2D eigenvalue weighted by atomic mass is 35.5. The Balaban J connectivity index is 1.40. The van der Waals surface area contributed by atoms with E-state index in [4.69, 9.17) is 35.8 Å². The first-order chi connectivity index (χ1) is 16.6. The van der Waals surface area contributed by atoms with Gasteiger partial charge in [0, 0.05) is 12.4 Å². The number of hydrogen-bond donors (Lipinski definition) is 0. The lowest BCUT2D eigenvalue weighted by Crippen LogP contribution is -2.26. The molecule has 0 fully saturated rings. The second-order valence-corrected chi connectivity index (χ2v) is 8.49. The van der Waals surface area contributed by atoms with E-state index in [0.717, 1.165) is 39.3 Å². The van der Waals surface area contributed by atoms with Gasteiger partial charge in [-0.25, -0.2) is 0 Å².